The van der Waals surface area contributed by atoms with Crippen molar-refractivity contribution in [1.82, 2.24) is 15.2 Å². The monoisotopic (exact) mass is 276 g/mol. The van der Waals surface area contributed by atoms with Crippen LogP contribution in [0.4, 0.5) is 0 Å². The summed E-state index contributed by atoms with van der Waals surface area (Å²) < 4.78 is 0. The molecule has 1 N–H and O–H groups in total. The van der Waals surface area contributed by atoms with E-state index >= 15 is 0 Å². The highest BCUT2D eigenvalue weighted by Crippen LogP contribution is 2.02. The number of hydrogen-bond acceptors (Lipinski definition) is 3. The van der Waals surface area contributed by atoms with Crippen molar-refractivity contribution in [2.24, 2.45) is 5.10 Å². The molecule has 1 saturated heterocycles. The van der Waals surface area contributed by atoms with Crippen LogP contribution in [0.15, 0.2) is 35.4 Å². The third kappa shape index (κ3) is 4.01. The minimum Gasteiger partial charge on any atom is -0.345 e. The molecule has 0 spiro atoms. The van der Waals surface area contributed by atoms with E-state index < -0.39 is 0 Å². The summed E-state index contributed by atoms with van der Waals surface area (Å²) in [5.74, 6) is 0. The summed E-state index contributed by atoms with van der Waals surface area (Å²) in [6.07, 6.45) is 0. The molecule has 0 aromatic heterocycles. The molecule has 0 amide bonds. The summed E-state index contributed by atoms with van der Waals surface area (Å²) in [7, 11) is 2.13. The Bertz CT molecular complexity index is 450. The van der Waals surface area contributed by atoms with Gasteiger partial charge in [-0.3, -0.25) is 5.43 Å². The van der Waals surface area contributed by atoms with Gasteiger partial charge in [-0.25, -0.2) is 0 Å². The maximum atomic E-state index is 5.37. The zero-order chi connectivity index (χ0) is 13.7. The van der Waals surface area contributed by atoms with Crippen molar-refractivity contribution in [1.29, 1.82) is 0 Å². The lowest BCUT2D eigenvalue weighted by molar-refractivity contribution is 0.214. The molecule has 5 heteroatoms. The van der Waals surface area contributed by atoms with Crippen LogP contribution in [0.2, 0.25) is 0 Å². The smallest absolute Gasteiger partial charge is 0.189 e. The van der Waals surface area contributed by atoms with Gasteiger partial charge in [-0.1, -0.05) is 30.3 Å². The van der Waals surface area contributed by atoms with Gasteiger partial charge in [0.25, 0.3) is 0 Å². The number of benzene rings is 1. The Kier molecular flexibility index (Phi) is 4.87. The summed E-state index contributed by atoms with van der Waals surface area (Å²) in [4.78, 5) is 4.47. The van der Waals surface area contributed by atoms with Crippen molar-refractivity contribution in [2.75, 3.05) is 33.2 Å². The van der Waals surface area contributed by atoms with E-state index in [9.17, 15) is 0 Å². The van der Waals surface area contributed by atoms with Gasteiger partial charge in [0.15, 0.2) is 5.11 Å². The van der Waals surface area contributed by atoms with E-state index in [2.05, 4.69) is 27.4 Å². The fraction of sp³-hybridized carbons (Fsp3) is 0.429. The van der Waals surface area contributed by atoms with Crippen LogP contribution in [0.5, 0.6) is 0 Å². The molecule has 0 radical (unpaired) electrons. The van der Waals surface area contributed by atoms with E-state index in [4.69, 9.17) is 12.2 Å². The van der Waals surface area contributed by atoms with Crippen LogP contribution in [-0.2, 0) is 0 Å². The molecule has 1 heterocycles. The van der Waals surface area contributed by atoms with E-state index in [0.717, 1.165) is 37.5 Å². The lowest BCUT2D eigenvalue weighted by Gasteiger charge is -2.33. The molecule has 102 valence electrons. The van der Waals surface area contributed by atoms with Gasteiger partial charge in [-0.05, 0) is 31.8 Å². The minimum atomic E-state index is 0.711. The molecule has 0 bridgehead atoms. The molecule has 1 fully saturated rings. The predicted octanol–water partition coefficient (Wildman–Crippen LogP) is 1.53. The molecule has 0 atom stereocenters. The molecular weight excluding hydrogens is 256 g/mol. The van der Waals surface area contributed by atoms with Crippen molar-refractivity contribution in [3.05, 3.63) is 35.9 Å². The van der Waals surface area contributed by atoms with Crippen molar-refractivity contribution in [2.45, 2.75) is 6.92 Å². The first-order chi connectivity index (χ1) is 9.16. The zero-order valence-electron chi connectivity index (χ0n) is 11.5. The maximum Gasteiger partial charge on any atom is 0.189 e. The average Bonchev–Trinajstić information content (AvgIpc) is 2.46. The summed E-state index contributed by atoms with van der Waals surface area (Å²) in [6, 6.07) is 10.1. The molecule has 4 nitrogen and oxygen atoms in total. The Hall–Kier alpha value is -1.46. The molecule has 1 aliphatic rings. The van der Waals surface area contributed by atoms with Gasteiger partial charge in [0.2, 0.25) is 0 Å². The second-order valence-electron chi connectivity index (χ2n) is 4.77. The van der Waals surface area contributed by atoms with E-state index in [1.54, 1.807) is 0 Å². The Morgan fingerprint density at radius 1 is 1.16 bits per heavy atom. The molecule has 1 aliphatic heterocycles. The summed E-state index contributed by atoms with van der Waals surface area (Å²) in [6.45, 7) is 5.99. The Morgan fingerprint density at radius 2 is 1.79 bits per heavy atom. The summed E-state index contributed by atoms with van der Waals surface area (Å²) in [5, 5.41) is 5.07. The molecule has 0 saturated carbocycles. The van der Waals surface area contributed by atoms with Crippen LogP contribution >= 0.6 is 12.2 Å². The molecule has 19 heavy (non-hydrogen) atoms. The van der Waals surface area contributed by atoms with E-state index in [1.807, 2.05) is 37.3 Å². The standard InChI is InChI=1S/C14H20N4S/c1-12(13-6-4-3-5-7-13)15-16-14(19)18-10-8-17(2)9-11-18/h3-7H,8-11H2,1-2H3,(H,16,19)/b15-12-. The van der Waals surface area contributed by atoms with Gasteiger partial charge in [-0.15, -0.1) is 0 Å². The molecular formula is C14H20N4S. The molecule has 1 aromatic rings. The lowest BCUT2D eigenvalue weighted by atomic mass is 10.1. The highest BCUT2D eigenvalue weighted by Gasteiger charge is 2.15. The van der Waals surface area contributed by atoms with Gasteiger partial charge in [0.05, 0.1) is 5.71 Å². The van der Waals surface area contributed by atoms with Crippen LogP contribution in [0.1, 0.15) is 12.5 Å². The first-order valence-corrected chi connectivity index (χ1v) is 6.91. The number of likely N-dealkylation sites (N-methyl/N-ethyl adjacent to an activating group) is 1. The van der Waals surface area contributed by atoms with Crippen LogP contribution in [0.25, 0.3) is 0 Å². The highest BCUT2D eigenvalue weighted by atomic mass is 32.1. The van der Waals surface area contributed by atoms with Gasteiger partial charge in [0.1, 0.15) is 0 Å². The lowest BCUT2D eigenvalue weighted by Crippen LogP contribution is -2.49. The fourth-order valence-corrected chi connectivity index (χ4v) is 2.18. The van der Waals surface area contributed by atoms with E-state index in [-0.39, 0.29) is 0 Å². The largest absolute Gasteiger partial charge is 0.345 e. The molecule has 1 aromatic carbocycles. The number of piperazine rings is 1. The van der Waals surface area contributed by atoms with Crippen molar-refractivity contribution >= 4 is 23.0 Å². The number of hydrazone groups is 1. The molecule has 2 rings (SSSR count). The van der Waals surface area contributed by atoms with Gasteiger partial charge >= 0.3 is 0 Å². The SMILES string of the molecule is C/C(=N/NC(=S)N1CCN(C)CC1)c1ccccc1. The van der Waals surface area contributed by atoms with Crippen molar-refractivity contribution in [3.8, 4) is 0 Å². The fourth-order valence-electron chi connectivity index (χ4n) is 1.96. The summed E-state index contributed by atoms with van der Waals surface area (Å²) >= 11 is 5.37. The number of rotatable bonds is 2. The zero-order valence-corrected chi connectivity index (χ0v) is 12.3. The molecule has 0 aliphatic carbocycles. The van der Waals surface area contributed by atoms with Crippen molar-refractivity contribution in [3.63, 3.8) is 0 Å². The van der Waals surface area contributed by atoms with E-state index in [1.165, 1.54) is 0 Å². The Balaban J connectivity index is 1.89. The quantitative estimate of drug-likeness (QED) is 0.504. The van der Waals surface area contributed by atoms with Crippen LogP contribution in [0, 0.1) is 0 Å². The van der Waals surface area contributed by atoms with Crippen molar-refractivity contribution < 1.29 is 0 Å². The third-order valence-corrected chi connectivity index (χ3v) is 3.65. The average molecular weight is 276 g/mol. The van der Waals surface area contributed by atoms with Crippen LogP contribution in [-0.4, -0.2) is 53.9 Å². The number of nitrogens with one attached hydrogen (secondary N) is 1. The second kappa shape index (κ2) is 6.63. The number of thiocarbonyl (C=S) groups is 1. The minimum absolute atomic E-state index is 0.711. The van der Waals surface area contributed by atoms with Gasteiger partial charge in [-0.2, -0.15) is 5.10 Å². The normalized spacial score (nSPS) is 17.4. The second-order valence-corrected chi connectivity index (χ2v) is 5.16. The maximum absolute atomic E-state index is 5.37. The first kappa shape index (κ1) is 14.0. The third-order valence-electron chi connectivity index (χ3n) is 3.30. The Morgan fingerprint density at radius 3 is 2.42 bits per heavy atom. The van der Waals surface area contributed by atoms with Gasteiger partial charge in [0, 0.05) is 26.2 Å². The van der Waals surface area contributed by atoms with E-state index in [0.29, 0.717) is 5.11 Å². The highest BCUT2D eigenvalue weighted by molar-refractivity contribution is 7.80. The topological polar surface area (TPSA) is 30.9 Å². The first-order valence-electron chi connectivity index (χ1n) is 6.50. The van der Waals surface area contributed by atoms with Crippen LogP contribution < -0.4 is 5.43 Å². The van der Waals surface area contributed by atoms with Crippen LogP contribution in [0.3, 0.4) is 0 Å². The number of nitrogens with zero attached hydrogens (tertiary/aromatic N) is 3. The molecule has 0 unspecified atom stereocenters. The number of hydrogen-bond donors (Lipinski definition) is 1. The Labute approximate surface area is 120 Å². The predicted molar refractivity (Wildman–Crippen MR) is 83.5 cm³/mol. The van der Waals surface area contributed by atoms with Gasteiger partial charge < -0.3 is 9.80 Å². The summed E-state index contributed by atoms with van der Waals surface area (Å²) in [5.41, 5.74) is 5.04.